The Morgan fingerprint density at radius 3 is 2.86 bits per heavy atom. The second-order valence-electron chi connectivity index (χ2n) is 5.13. The maximum absolute atomic E-state index is 13.2. The van der Waals surface area contributed by atoms with Crippen LogP contribution in [-0.2, 0) is 12.2 Å². The zero-order valence-electron chi connectivity index (χ0n) is 11.8. The molecule has 0 aliphatic carbocycles. The lowest BCUT2D eigenvalue weighted by molar-refractivity contribution is 0.624. The Bertz CT molecular complexity index is 686. The Morgan fingerprint density at radius 2 is 2.19 bits per heavy atom. The minimum atomic E-state index is -0.225. The van der Waals surface area contributed by atoms with Gasteiger partial charge in [-0.25, -0.2) is 9.37 Å². The highest BCUT2D eigenvalue weighted by Gasteiger charge is 2.09. The number of nitrogens with zero attached hydrogens (tertiary/aromatic N) is 1. The fourth-order valence-electron chi connectivity index (χ4n) is 1.88. The van der Waals surface area contributed by atoms with Gasteiger partial charge in [-0.05, 0) is 46.5 Å². The van der Waals surface area contributed by atoms with Gasteiger partial charge in [-0.1, -0.05) is 32.1 Å². The fourth-order valence-corrected chi connectivity index (χ4v) is 3.28. The molecule has 112 valence electrons. The summed E-state index contributed by atoms with van der Waals surface area (Å²) in [5, 5.41) is 0. The van der Waals surface area contributed by atoms with E-state index in [4.69, 9.17) is 12.2 Å². The third kappa shape index (κ3) is 4.90. The molecule has 0 spiro atoms. The van der Waals surface area contributed by atoms with Crippen LogP contribution >= 0.6 is 39.9 Å². The van der Waals surface area contributed by atoms with E-state index in [0.717, 1.165) is 27.3 Å². The molecule has 1 aromatic carbocycles. The molecule has 2 nitrogen and oxygen atoms in total. The van der Waals surface area contributed by atoms with Gasteiger partial charge in [0.05, 0.1) is 10.2 Å². The van der Waals surface area contributed by atoms with Crippen molar-refractivity contribution in [3.63, 3.8) is 0 Å². The summed E-state index contributed by atoms with van der Waals surface area (Å²) >= 11 is 10.3. The number of rotatable bonds is 5. The molecule has 0 aliphatic rings. The number of benzene rings is 1. The maximum atomic E-state index is 13.2. The number of aromatic amines is 1. The number of thioether (sulfide) groups is 1. The Kier molecular flexibility index (Phi) is 5.96. The highest BCUT2D eigenvalue weighted by Crippen LogP contribution is 2.24. The van der Waals surface area contributed by atoms with E-state index in [2.05, 4.69) is 39.7 Å². The summed E-state index contributed by atoms with van der Waals surface area (Å²) in [6, 6.07) is 6.55. The Morgan fingerprint density at radius 1 is 1.43 bits per heavy atom. The summed E-state index contributed by atoms with van der Waals surface area (Å²) in [7, 11) is 0. The maximum Gasteiger partial charge on any atom is 0.144 e. The van der Waals surface area contributed by atoms with Crippen LogP contribution in [0.3, 0.4) is 0 Å². The van der Waals surface area contributed by atoms with Gasteiger partial charge in [0, 0.05) is 10.6 Å². The van der Waals surface area contributed by atoms with E-state index in [9.17, 15) is 4.39 Å². The average molecular weight is 387 g/mol. The van der Waals surface area contributed by atoms with Crippen molar-refractivity contribution in [1.29, 1.82) is 0 Å². The monoisotopic (exact) mass is 386 g/mol. The molecule has 0 aliphatic heterocycles. The van der Waals surface area contributed by atoms with Crippen LogP contribution in [0.4, 0.5) is 4.39 Å². The quantitative estimate of drug-likeness (QED) is 0.540. The Labute approximate surface area is 141 Å². The molecular weight excluding hydrogens is 371 g/mol. The highest BCUT2D eigenvalue weighted by molar-refractivity contribution is 9.10. The van der Waals surface area contributed by atoms with Crippen molar-refractivity contribution in [3.05, 3.63) is 50.7 Å². The van der Waals surface area contributed by atoms with Gasteiger partial charge in [0.2, 0.25) is 0 Å². The van der Waals surface area contributed by atoms with Gasteiger partial charge in [-0.3, -0.25) is 0 Å². The average Bonchev–Trinajstić information content (AvgIpc) is 2.41. The van der Waals surface area contributed by atoms with Gasteiger partial charge in [0.25, 0.3) is 0 Å². The molecule has 0 fully saturated rings. The van der Waals surface area contributed by atoms with E-state index < -0.39 is 0 Å². The van der Waals surface area contributed by atoms with Crippen LogP contribution < -0.4 is 0 Å². The zero-order chi connectivity index (χ0) is 15.4. The highest BCUT2D eigenvalue weighted by atomic mass is 79.9. The summed E-state index contributed by atoms with van der Waals surface area (Å²) in [6.07, 6.45) is 0.907. The largest absolute Gasteiger partial charge is 0.345 e. The number of hydrogen-bond donors (Lipinski definition) is 1. The molecule has 0 saturated carbocycles. The standard InChI is InChI=1S/C15H16BrFN2S2/c1-9(2)6-12-14(16)15(20)19-13(18-12)8-21-11-5-3-4-10(17)7-11/h3-5,7,9H,6,8H2,1-2H3,(H,18,19,20). The Balaban J connectivity index is 2.17. The van der Waals surface area contributed by atoms with Gasteiger partial charge in [-0.15, -0.1) is 11.8 Å². The van der Waals surface area contributed by atoms with Crippen molar-refractivity contribution in [2.24, 2.45) is 5.92 Å². The predicted molar refractivity (Wildman–Crippen MR) is 91.6 cm³/mol. The number of aromatic nitrogens is 2. The third-order valence-corrected chi connectivity index (χ3v) is 5.19. The van der Waals surface area contributed by atoms with Gasteiger partial charge in [-0.2, -0.15) is 0 Å². The minimum Gasteiger partial charge on any atom is -0.345 e. The molecule has 0 atom stereocenters. The van der Waals surface area contributed by atoms with Crippen LogP contribution in [0.2, 0.25) is 0 Å². The summed E-state index contributed by atoms with van der Waals surface area (Å²) in [5.74, 6) is 1.74. The van der Waals surface area contributed by atoms with Crippen LogP contribution in [-0.4, -0.2) is 9.97 Å². The Hall–Kier alpha value is -0.720. The van der Waals surface area contributed by atoms with Gasteiger partial charge in [0.1, 0.15) is 16.3 Å². The van der Waals surface area contributed by atoms with E-state index in [1.807, 2.05) is 6.07 Å². The molecular formula is C15H16BrFN2S2. The van der Waals surface area contributed by atoms with E-state index >= 15 is 0 Å². The molecule has 0 unspecified atom stereocenters. The second-order valence-corrected chi connectivity index (χ2v) is 7.35. The van der Waals surface area contributed by atoms with E-state index in [1.165, 1.54) is 23.9 Å². The van der Waals surface area contributed by atoms with Gasteiger partial charge in [0.15, 0.2) is 0 Å². The van der Waals surface area contributed by atoms with Crippen molar-refractivity contribution >= 4 is 39.9 Å². The fraction of sp³-hybridized carbons (Fsp3) is 0.333. The first-order valence-electron chi connectivity index (χ1n) is 6.61. The van der Waals surface area contributed by atoms with Crippen molar-refractivity contribution in [2.45, 2.75) is 30.9 Å². The van der Waals surface area contributed by atoms with Crippen molar-refractivity contribution in [2.75, 3.05) is 0 Å². The molecule has 2 rings (SSSR count). The van der Waals surface area contributed by atoms with Crippen LogP contribution in [0.25, 0.3) is 0 Å². The van der Waals surface area contributed by atoms with Crippen molar-refractivity contribution < 1.29 is 4.39 Å². The lowest BCUT2D eigenvalue weighted by atomic mass is 10.1. The topological polar surface area (TPSA) is 28.7 Å². The number of halogens is 2. The summed E-state index contributed by atoms with van der Waals surface area (Å²) in [4.78, 5) is 8.59. The molecule has 0 radical (unpaired) electrons. The number of hydrogen-bond acceptors (Lipinski definition) is 3. The molecule has 1 N–H and O–H groups in total. The lowest BCUT2D eigenvalue weighted by Crippen LogP contribution is -2.04. The van der Waals surface area contributed by atoms with Gasteiger partial charge >= 0.3 is 0 Å². The summed E-state index contributed by atoms with van der Waals surface area (Å²) in [5.41, 5.74) is 1.07. The van der Waals surface area contributed by atoms with Crippen LogP contribution in [0, 0.1) is 16.4 Å². The smallest absolute Gasteiger partial charge is 0.144 e. The molecule has 0 saturated heterocycles. The van der Waals surface area contributed by atoms with Crippen molar-refractivity contribution in [1.82, 2.24) is 9.97 Å². The first-order chi connectivity index (χ1) is 9.95. The molecule has 21 heavy (non-hydrogen) atoms. The number of nitrogens with one attached hydrogen (secondary N) is 1. The molecule has 6 heteroatoms. The third-order valence-electron chi connectivity index (χ3n) is 2.77. The molecule has 0 bridgehead atoms. The van der Waals surface area contributed by atoms with E-state index in [-0.39, 0.29) is 5.82 Å². The zero-order valence-corrected chi connectivity index (χ0v) is 15.0. The van der Waals surface area contributed by atoms with Crippen LogP contribution in [0.5, 0.6) is 0 Å². The van der Waals surface area contributed by atoms with Crippen molar-refractivity contribution in [3.8, 4) is 0 Å². The predicted octanol–water partition coefficient (Wildman–Crippen LogP) is 5.53. The first kappa shape index (κ1) is 16.6. The van der Waals surface area contributed by atoms with Gasteiger partial charge < -0.3 is 4.98 Å². The first-order valence-corrected chi connectivity index (χ1v) is 8.80. The normalized spacial score (nSPS) is 11.1. The molecule has 0 amide bonds. The van der Waals surface area contributed by atoms with Crippen LogP contribution in [0.15, 0.2) is 33.6 Å². The van der Waals surface area contributed by atoms with E-state index in [0.29, 0.717) is 16.3 Å². The molecule has 1 aromatic heterocycles. The molecule has 2 aromatic rings. The summed E-state index contributed by atoms with van der Waals surface area (Å²) in [6.45, 7) is 4.32. The number of H-pyrrole nitrogens is 1. The second kappa shape index (κ2) is 7.51. The van der Waals surface area contributed by atoms with Crippen LogP contribution in [0.1, 0.15) is 25.4 Å². The minimum absolute atomic E-state index is 0.225. The SMILES string of the molecule is CC(C)Cc1[nH]c(CSc2cccc(F)c2)nc(=S)c1Br. The molecule has 1 heterocycles. The lowest BCUT2D eigenvalue weighted by Gasteiger charge is -2.10. The van der Waals surface area contributed by atoms with E-state index in [1.54, 1.807) is 6.07 Å². The summed E-state index contributed by atoms with van der Waals surface area (Å²) < 4.78 is 14.6.